The molecule has 5 heteroatoms. The molecule has 0 fully saturated rings. The van der Waals surface area contributed by atoms with Gasteiger partial charge in [-0.1, -0.05) is 0 Å². The molecule has 0 saturated carbocycles. The molecule has 0 aliphatic heterocycles. The van der Waals surface area contributed by atoms with E-state index in [2.05, 4.69) is 5.32 Å². The van der Waals surface area contributed by atoms with Crippen LogP contribution in [0.5, 0.6) is 0 Å². The third kappa shape index (κ3) is 8.64. The van der Waals surface area contributed by atoms with E-state index in [0.29, 0.717) is 32.6 Å². The van der Waals surface area contributed by atoms with Crippen LogP contribution in [0.25, 0.3) is 0 Å². The summed E-state index contributed by atoms with van der Waals surface area (Å²) in [5.41, 5.74) is 0. The number of aliphatic hydroxyl groups excluding tert-OH is 1. The van der Waals surface area contributed by atoms with E-state index in [4.69, 9.17) is 9.47 Å². The molecule has 0 amide bonds. The zero-order valence-electron chi connectivity index (χ0n) is 10.4. The van der Waals surface area contributed by atoms with Crippen LogP contribution >= 0.6 is 0 Å². The standard InChI is InChI=1S/C11H23NO4/c1-4-16-11(14)7-9(2)12-6-5-10(13)8-15-3/h9-10,12-13H,4-8H2,1-3H3. The van der Waals surface area contributed by atoms with Crippen molar-refractivity contribution in [2.75, 3.05) is 26.9 Å². The van der Waals surface area contributed by atoms with Gasteiger partial charge in [-0.3, -0.25) is 4.79 Å². The Kier molecular flexibility index (Phi) is 9.18. The maximum atomic E-state index is 11.1. The van der Waals surface area contributed by atoms with Crippen molar-refractivity contribution in [1.29, 1.82) is 0 Å². The molecule has 0 aliphatic carbocycles. The van der Waals surface area contributed by atoms with Crippen molar-refractivity contribution in [3.8, 4) is 0 Å². The first-order valence-electron chi connectivity index (χ1n) is 5.66. The smallest absolute Gasteiger partial charge is 0.307 e. The normalized spacial score (nSPS) is 14.5. The second-order valence-electron chi connectivity index (χ2n) is 3.76. The second kappa shape index (κ2) is 9.57. The zero-order chi connectivity index (χ0) is 12.4. The Hall–Kier alpha value is -0.650. The van der Waals surface area contributed by atoms with E-state index >= 15 is 0 Å². The quantitative estimate of drug-likeness (QED) is 0.561. The molecule has 0 bridgehead atoms. The van der Waals surface area contributed by atoms with Crippen LogP contribution in [0.1, 0.15) is 26.7 Å². The lowest BCUT2D eigenvalue weighted by atomic mass is 10.2. The third-order valence-corrected chi connectivity index (χ3v) is 2.11. The number of hydrogen-bond donors (Lipinski definition) is 2. The van der Waals surface area contributed by atoms with Gasteiger partial charge in [0.15, 0.2) is 0 Å². The predicted molar refractivity (Wildman–Crippen MR) is 61.2 cm³/mol. The van der Waals surface area contributed by atoms with Gasteiger partial charge in [0.2, 0.25) is 0 Å². The molecule has 0 radical (unpaired) electrons. The van der Waals surface area contributed by atoms with Crippen LogP contribution < -0.4 is 5.32 Å². The van der Waals surface area contributed by atoms with Crippen molar-refractivity contribution >= 4 is 5.97 Å². The third-order valence-electron chi connectivity index (χ3n) is 2.11. The van der Waals surface area contributed by atoms with Crippen LogP contribution in [0.15, 0.2) is 0 Å². The van der Waals surface area contributed by atoms with Crippen molar-refractivity contribution in [3.05, 3.63) is 0 Å². The summed E-state index contributed by atoms with van der Waals surface area (Å²) in [5, 5.41) is 12.5. The van der Waals surface area contributed by atoms with Crippen molar-refractivity contribution < 1.29 is 19.4 Å². The molecule has 2 atom stereocenters. The first-order valence-corrected chi connectivity index (χ1v) is 5.66. The lowest BCUT2D eigenvalue weighted by Crippen LogP contribution is -2.32. The first-order chi connectivity index (χ1) is 7.60. The number of rotatable bonds is 9. The highest BCUT2D eigenvalue weighted by Crippen LogP contribution is 1.96. The summed E-state index contributed by atoms with van der Waals surface area (Å²) in [7, 11) is 1.56. The average Bonchev–Trinajstić information content (AvgIpc) is 2.18. The number of hydrogen-bond acceptors (Lipinski definition) is 5. The van der Waals surface area contributed by atoms with Crippen molar-refractivity contribution in [2.45, 2.75) is 38.8 Å². The monoisotopic (exact) mass is 233 g/mol. The van der Waals surface area contributed by atoms with Crippen LogP contribution in [0.2, 0.25) is 0 Å². The number of carbonyl (C=O) groups is 1. The largest absolute Gasteiger partial charge is 0.466 e. The summed E-state index contributed by atoms with van der Waals surface area (Å²) < 4.78 is 9.64. The predicted octanol–water partition coefficient (Wildman–Crippen LogP) is 0.315. The number of aliphatic hydroxyl groups is 1. The molecule has 0 aromatic heterocycles. The Morgan fingerprint density at radius 2 is 2.19 bits per heavy atom. The van der Waals surface area contributed by atoms with Gasteiger partial charge in [-0.2, -0.15) is 0 Å². The van der Waals surface area contributed by atoms with Gasteiger partial charge in [-0.05, 0) is 26.8 Å². The number of nitrogens with one attached hydrogen (secondary N) is 1. The van der Waals surface area contributed by atoms with Gasteiger partial charge in [-0.25, -0.2) is 0 Å². The average molecular weight is 233 g/mol. The fraction of sp³-hybridized carbons (Fsp3) is 0.909. The molecule has 96 valence electrons. The van der Waals surface area contributed by atoms with Crippen molar-refractivity contribution in [3.63, 3.8) is 0 Å². The van der Waals surface area contributed by atoms with E-state index in [1.54, 1.807) is 14.0 Å². The second-order valence-corrected chi connectivity index (χ2v) is 3.76. The van der Waals surface area contributed by atoms with Crippen LogP contribution in [0.3, 0.4) is 0 Å². The van der Waals surface area contributed by atoms with Gasteiger partial charge in [-0.15, -0.1) is 0 Å². The number of esters is 1. The summed E-state index contributed by atoms with van der Waals surface area (Å²) >= 11 is 0. The Morgan fingerprint density at radius 1 is 1.50 bits per heavy atom. The number of carbonyl (C=O) groups excluding carboxylic acids is 1. The van der Waals surface area contributed by atoms with Crippen molar-refractivity contribution in [1.82, 2.24) is 5.32 Å². The number of ether oxygens (including phenoxy) is 2. The highest BCUT2D eigenvalue weighted by molar-refractivity contribution is 5.69. The Morgan fingerprint density at radius 3 is 2.75 bits per heavy atom. The summed E-state index contributed by atoms with van der Waals surface area (Å²) in [6, 6.07) is 0.0637. The van der Waals surface area contributed by atoms with E-state index < -0.39 is 6.10 Å². The summed E-state index contributed by atoms with van der Waals surface area (Å²) in [6.07, 6.45) is 0.516. The Bertz CT molecular complexity index is 187. The van der Waals surface area contributed by atoms with Gasteiger partial charge in [0, 0.05) is 13.2 Å². The van der Waals surface area contributed by atoms with E-state index in [1.165, 1.54) is 0 Å². The summed E-state index contributed by atoms with van der Waals surface area (Å²) in [5.74, 6) is -0.195. The molecule has 0 saturated heterocycles. The summed E-state index contributed by atoms with van der Waals surface area (Å²) in [6.45, 7) is 5.12. The highest BCUT2D eigenvalue weighted by Gasteiger charge is 2.10. The van der Waals surface area contributed by atoms with E-state index in [9.17, 15) is 9.90 Å². The summed E-state index contributed by atoms with van der Waals surface area (Å²) in [4.78, 5) is 11.1. The van der Waals surface area contributed by atoms with Gasteiger partial charge < -0.3 is 19.9 Å². The fourth-order valence-electron chi connectivity index (χ4n) is 1.31. The minimum absolute atomic E-state index is 0.0637. The molecule has 0 aromatic rings. The molecule has 16 heavy (non-hydrogen) atoms. The Balaban J connectivity index is 3.49. The number of methoxy groups -OCH3 is 1. The fourth-order valence-corrected chi connectivity index (χ4v) is 1.31. The van der Waals surface area contributed by atoms with E-state index in [1.807, 2.05) is 6.92 Å². The molecule has 0 rings (SSSR count). The molecular weight excluding hydrogens is 210 g/mol. The molecule has 0 aliphatic rings. The molecule has 0 heterocycles. The minimum Gasteiger partial charge on any atom is -0.466 e. The molecule has 0 aromatic carbocycles. The molecule has 2 unspecified atom stereocenters. The SMILES string of the molecule is CCOC(=O)CC(C)NCCC(O)COC. The molecule has 0 spiro atoms. The molecular formula is C11H23NO4. The van der Waals surface area contributed by atoms with Gasteiger partial charge in [0.05, 0.1) is 25.7 Å². The van der Waals surface area contributed by atoms with Crippen LogP contribution in [0.4, 0.5) is 0 Å². The van der Waals surface area contributed by atoms with Gasteiger partial charge in [0.1, 0.15) is 0 Å². The van der Waals surface area contributed by atoms with Gasteiger partial charge >= 0.3 is 5.97 Å². The lowest BCUT2D eigenvalue weighted by molar-refractivity contribution is -0.143. The van der Waals surface area contributed by atoms with Crippen LogP contribution in [0, 0.1) is 0 Å². The van der Waals surface area contributed by atoms with E-state index in [-0.39, 0.29) is 12.0 Å². The molecule has 2 N–H and O–H groups in total. The minimum atomic E-state index is -0.452. The van der Waals surface area contributed by atoms with Crippen molar-refractivity contribution in [2.24, 2.45) is 0 Å². The Labute approximate surface area is 97.1 Å². The first kappa shape index (κ1) is 15.3. The molecule has 5 nitrogen and oxygen atoms in total. The maximum absolute atomic E-state index is 11.1. The van der Waals surface area contributed by atoms with E-state index in [0.717, 1.165) is 0 Å². The maximum Gasteiger partial charge on any atom is 0.307 e. The highest BCUT2D eigenvalue weighted by atomic mass is 16.5. The van der Waals surface area contributed by atoms with Crippen LogP contribution in [-0.4, -0.2) is 50.1 Å². The zero-order valence-corrected chi connectivity index (χ0v) is 10.4. The lowest BCUT2D eigenvalue weighted by Gasteiger charge is -2.14. The van der Waals surface area contributed by atoms with Crippen LogP contribution in [-0.2, 0) is 14.3 Å². The van der Waals surface area contributed by atoms with Gasteiger partial charge in [0.25, 0.3) is 0 Å². The topological polar surface area (TPSA) is 67.8 Å².